The lowest BCUT2D eigenvalue weighted by atomic mass is 9.90. The van der Waals surface area contributed by atoms with Gasteiger partial charge in [-0.3, -0.25) is 4.79 Å². The monoisotopic (exact) mass is 293 g/mol. The van der Waals surface area contributed by atoms with Crippen molar-refractivity contribution in [2.75, 3.05) is 0 Å². The molecule has 0 bridgehead atoms. The zero-order valence-corrected chi connectivity index (χ0v) is 11.9. The standard InChI is InChI=1S/C14H16BrNO/c1-9(2)7-11(8-16)14(17)12-6-4-5-10(3)13(12)15/h4-6,9,11H,7H2,1-3H3. The van der Waals surface area contributed by atoms with Gasteiger partial charge < -0.3 is 0 Å². The maximum atomic E-state index is 12.2. The number of aryl methyl sites for hydroxylation is 1. The van der Waals surface area contributed by atoms with E-state index in [0.717, 1.165) is 10.0 Å². The largest absolute Gasteiger partial charge is 0.293 e. The average molecular weight is 294 g/mol. The second kappa shape index (κ2) is 5.97. The van der Waals surface area contributed by atoms with E-state index in [-0.39, 0.29) is 5.78 Å². The number of Topliss-reactive ketones (excluding diaryl/α,β-unsaturated/α-hetero) is 1. The Balaban J connectivity index is 3.03. The van der Waals surface area contributed by atoms with Crippen LogP contribution in [-0.2, 0) is 0 Å². The molecule has 0 amide bonds. The first-order valence-electron chi connectivity index (χ1n) is 5.66. The molecule has 0 N–H and O–H groups in total. The predicted molar refractivity (Wildman–Crippen MR) is 71.8 cm³/mol. The van der Waals surface area contributed by atoms with Gasteiger partial charge in [-0.05, 0) is 40.8 Å². The minimum absolute atomic E-state index is 0.0863. The van der Waals surface area contributed by atoms with E-state index >= 15 is 0 Å². The maximum absolute atomic E-state index is 12.2. The van der Waals surface area contributed by atoms with Crippen LogP contribution in [0.4, 0.5) is 0 Å². The molecule has 3 heteroatoms. The smallest absolute Gasteiger partial charge is 0.181 e. The first-order valence-corrected chi connectivity index (χ1v) is 6.45. The average Bonchev–Trinajstić information content (AvgIpc) is 2.28. The Morgan fingerprint density at radius 2 is 2.12 bits per heavy atom. The van der Waals surface area contributed by atoms with E-state index in [1.54, 1.807) is 6.07 Å². The fourth-order valence-corrected chi connectivity index (χ4v) is 2.17. The molecule has 0 saturated heterocycles. The summed E-state index contributed by atoms with van der Waals surface area (Å²) in [6, 6.07) is 7.66. The van der Waals surface area contributed by atoms with Crippen molar-refractivity contribution in [1.29, 1.82) is 5.26 Å². The molecule has 0 aliphatic carbocycles. The molecule has 1 rings (SSSR count). The van der Waals surface area contributed by atoms with Gasteiger partial charge >= 0.3 is 0 Å². The van der Waals surface area contributed by atoms with Crippen molar-refractivity contribution in [2.24, 2.45) is 11.8 Å². The number of carbonyl (C=O) groups is 1. The topological polar surface area (TPSA) is 40.9 Å². The van der Waals surface area contributed by atoms with Gasteiger partial charge in [-0.15, -0.1) is 0 Å². The minimum Gasteiger partial charge on any atom is -0.293 e. The number of ketones is 1. The molecule has 0 heterocycles. The number of benzene rings is 1. The van der Waals surface area contributed by atoms with Crippen molar-refractivity contribution in [3.8, 4) is 6.07 Å². The van der Waals surface area contributed by atoms with Gasteiger partial charge in [0, 0.05) is 10.0 Å². The van der Waals surface area contributed by atoms with Crippen molar-refractivity contribution in [3.05, 3.63) is 33.8 Å². The number of hydrogen-bond donors (Lipinski definition) is 0. The van der Waals surface area contributed by atoms with Crippen molar-refractivity contribution in [2.45, 2.75) is 27.2 Å². The van der Waals surface area contributed by atoms with Crippen LogP contribution >= 0.6 is 15.9 Å². The van der Waals surface area contributed by atoms with E-state index in [4.69, 9.17) is 5.26 Å². The van der Waals surface area contributed by atoms with Gasteiger partial charge in [-0.2, -0.15) is 5.26 Å². The van der Waals surface area contributed by atoms with Crippen LogP contribution in [0, 0.1) is 30.1 Å². The zero-order valence-electron chi connectivity index (χ0n) is 10.3. The quantitative estimate of drug-likeness (QED) is 0.783. The first kappa shape index (κ1) is 13.9. The third-order valence-electron chi connectivity index (χ3n) is 2.64. The van der Waals surface area contributed by atoms with E-state index in [0.29, 0.717) is 17.9 Å². The molecule has 1 aromatic carbocycles. The Bertz CT molecular complexity index is 460. The third-order valence-corrected chi connectivity index (χ3v) is 3.69. The fourth-order valence-electron chi connectivity index (χ4n) is 1.72. The van der Waals surface area contributed by atoms with Crippen molar-refractivity contribution >= 4 is 21.7 Å². The van der Waals surface area contributed by atoms with E-state index < -0.39 is 5.92 Å². The fraction of sp³-hybridized carbons (Fsp3) is 0.429. The van der Waals surface area contributed by atoms with E-state index in [2.05, 4.69) is 22.0 Å². The van der Waals surface area contributed by atoms with E-state index in [9.17, 15) is 4.79 Å². The first-order chi connectivity index (χ1) is 7.97. The number of nitrogens with zero attached hydrogens (tertiary/aromatic N) is 1. The van der Waals surface area contributed by atoms with Gasteiger partial charge in [-0.25, -0.2) is 0 Å². The van der Waals surface area contributed by atoms with Crippen molar-refractivity contribution < 1.29 is 4.79 Å². The molecule has 0 aliphatic heterocycles. The van der Waals surface area contributed by atoms with Crippen LogP contribution in [0.5, 0.6) is 0 Å². The maximum Gasteiger partial charge on any atom is 0.181 e. The Morgan fingerprint density at radius 1 is 1.47 bits per heavy atom. The molecule has 2 nitrogen and oxygen atoms in total. The van der Waals surface area contributed by atoms with Crippen LogP contribution in [0.1, 0.15) is 36.2 Å². The summed E-state index contributed by atoms with van der Waals surface area (Å²) in [5, 5.41) is 9.08. The molecule has 0 fully saturated rings. The summed E-state index contributed by atoms with van der Waals surface area (Å²) in [6.45, 7) is 5.97. The van der Waals surface area contributed by atoms with Gasteiger partial charge in [-0.1, -0.05) is 32.0 Å². The van der Waals surface area contributed by atoms with Crippen molar-refractivity contribution in [1.82, 2.24) is 0 Å². The van der Waals surface area contributed by atoms with E-state index in [1.165, 1.54) is 0 Å². The second-order valence-electron chi connectivity index (χ2n) is 4.61. The number of carbonyl (C=O) groups excluding carboxylic acids is 1. The minimum atomic E-state index is -0.548. The second-order valence-corrected chi connectivity index (χ2v) is 5.40. The summed E-state index contributed by atoms with van der Waals surface area (Å²) < 4.78 is 0.800. The summed E-state index contributed by atoms with van der Waals surface area (Å²) >= 11 is 3.41. The van der Waals surface area contributed by atoms with Gasteiger partial charge in [0.05, 0.1) is 6.07 Å². The molecule has 17 heavy (non-hydrogen) atoms. The summed E-state index contributed by atoms with van der Waals surface area (Å²) in [6.07, 6.45) is 0.607. The van der Waals surface area contributed by atoms with Crippen LogP contribution in [0.25, 0.3) is 0 Å². The molecule has 1 aromatic rings. The Hall–Kier alpha value is -1.14. The van der Waals surface area contributed by atoms with Gasteiger partial charge in [0.1, 0.15) is 5.92 Å². The van der Waals surface area contributed by atoms with Crippen LogP contribution in [0.15, 0.2) is 22.7 Å². The van der Waals surface area contributed by atoms with Gasteiger partial charge in [0.25, 0.3) is 0 Å². The van der Waals surface area contributed by atoms with Crippen molar-refractivity contribution in [3.63, 3.8) is 0 Å². The Kier molecular flexibility index (Phi) is 4.89. The number of halogens is 1. The molecule has 1 unspecified atom stereocenters. The lowest BCUT2D eigenvalue weighted by Crippen LogP contribution is -2.16. The highest BCUT2D eigenvalue weighted by atomic mass is 79.9. The zero-order chi connectivity index (χ0) is 13.0. The van der Waals surface area contributed by atoms with Gasteiger partial charge in [0.2, 0.25) is 0 Å². The summed E-state index contributed by atoms with van der Waals surface area (Å²) in [5.74, 6) is -0.294. The molecule has 0 radical (unpaired) electrons. The highest BCUT2D eigenvalue weighted by Crippen LogP contribution is 2.25. The third kappa shape index (κ3) is 3.41. The summed E-state index contributed by atoms with van der Waals surface area (Å²) in [4.78, 5) is 12.2. The Labute approximate surface area is 111 Å². The van der Waals surface area contributed by atoms with Gasteiger partial charge in [0.15, 0.2) is 5.78 Å². The molecule has 0 aliphatic rings. The predicted octanol–water partition coefficient (Wildman–Crippen LogP) is 4.13. The van der Waals surface area contributed by atoms with Crippen LogP contribution in [0.3, 0.4) is 0 Å². The molecule has 0 aromatic heterocycles. The normalized spacial score (nSPS) is 12.2. The number of nitriles is 1. The lowest BCUT2D eigenvalue weighted by Gasteiger charge is -2.12. The number of hydrogen-bond acceptors (Lipinski definition) is 2. The summed E-state index contributed by atoms with van der Waals surface area (Å²) in [5.41, 5.74) is 1.62. The highest BCUT2D eigenvalue weighted by Gasteiger charge is 2.22. The number of rotatable bonds is 4. The molecular weight excluding hydrogens is 278 g/mol. The highest BCUT2D eigenvalue weighted by molar-refractivity contribution is 9.10. The molecule has 90 valence electrons. The van der Waals surface area contributed by atoms with Crippen LogP contribution in [0.2, 0.25) is 0 Å². The molecular formula is C14H16BrNO. The SMILES string of the molecule is Cc1cccc(C(=O)C(C#N)CC(C)C)c1Br. The van der Waals surface area contributed by atoms with E-state index in [1.807, 2.05) is 32.9 Å². The molecule has 1 atom stereocenters. The van der Waals surface area contributed by atoms with Crippen LogP contribution in [-0.4, -0.2) is 5.78 Å². The molecule has 0 saturated carbocycles. The Morgan fingerprint density at radius 3 is 2.65 bits per heavy atom. The molecule has 0 spiro atoms. The lowest BCUT2D eigenvalue weighted by molar-refractivity contribution is 0.0936. The summed E-state index contributed by atoms with van der Waals surface area (Å²) in [7, 11) is 0. The van der Waals surface area contributed by atoms with Crippen LogP contribution < -0.4 is 0 Å².